The highest BCUT2D eigenvalue weighted by atomic mass is 19.2. The van der Waals surface area contributed by atoms with Crippen LogP contribution in [0.25, 0.3) is 0 Å². The van der Waals surface area contributed by atoms with Gasteiger partial charge in [0, 0.05) is 31.7 Å². The van der Waals surface area contributed by atoms with Crippen LogP contribution in [0.15, 0.2) is 24.3 Å². The zero-order valence-electron chi connectivity index (χ0n) is 13.8. The highest BCUT2D eigenvalue weighted by molar-refractivity contribution is 5.94. The van der Waals surface area contributed by atoms with Gasteiger partial charge >= 0.3 is 0 Å². The molecule has 1 aliphatic rings. The molecular formula is C18H15F5N2O. The van der Waals surface area contributed by atoms with Gasteiger partial charge in [0.05, 0.1) is 0 Å². The average molecular weight is 370 g/mol. The van der Waals surface area contributed by atoms with Crippen LogP contribution in [-0.2, 0) is 0 Å². The van der Waals surface area contributed by atoms with Crippen LogP contribution in [-0.4, -0.2) is 37.0 Å². The number of hydrogen-bond acceptors (Lipinski definition) is 2. The van der Waals surface area contributed by atoms with Crippen LogP contribution in [0.4, 0.5) is 27.6 Å². The molecule has 0 unspecified atom stereocenters. The molecule has 0 atom stereocenters. The number of piperazine rings is 1. The molecule has 0 N–H and O–H groups in total. The second-order valence-electron chi connectivity index (χ2n) is 6.07. The van der Waals surface area contributed by atoms with E-state index in [0.717, 1.165) is 10.5 Å². The summed E-state index contributed by atoms with van der Waals surface area (Å²) in [7, 11) is 0. The van der Waals surface area contributed by atoms with E-state index >= 15 is 0 Å². The van der Waals surface area contributed by atoms with Crippen LogP contribution in [0.2, 0.25) is 0 Å². The average Bonchev–Trinajstić information content (AvgIpc) is 2.65. The van der Waals surface area contributed by atoms with E-state index in [4.69, 9.17) is 0 Å². The number of carbonyl (C=O) groups excluding carboxylic acids is 1. The molecule has 0 radical (unpaired) electrons. The Bertz CT molecular complexity index is 834. The monoisotopic (exact) mass is 370 g/mol. The lowest BCUT2D eigenvalue weighted by Gasteiger charge is -2.36. The topological polar surface area (TPSA) is 23.6 Å². The number of hydrogen-bond donors (Lipinski definition) is 0. The largest absolute Gasteiger partial charge is 0.363 e. The smallest absolute Gasteiger partial charge is 0.253 e. The van der Waals surface area contributed by atoms with Crippen LogP contribution in [0, 0.1) is 36.0 Å². The number of halogens is 5. The molecule has 0 aliphatic carbocycles. The van der Waals surface area contributed by atoms with Crippen molar-refractivity contribution >= 4 is 11.6 Å². The highest BCUT2D eigenvalue weighted by Gasteiger charge is 2.31. The van der Waals surface area contributed by atoms with Crippen LogP contribution in [0.3, 0.4) is 0 Å². The second kappa shape index (κ2) is 6.93. The van der Waals surface area contributed by atoms with Gasteiger partial charge in [-0.3, -0.25) is 4.79 Å². The van der Waals surface area contributed by atoms with Crippen molar-refractivity contribution in [2.24, 2.45) is 0 Å². The van der Waals surface area contributed by atoms with Gasteiger partial charge in [0.25, 0.3) is 5.91 Å². The number of carbonyl (C=O) groups is 1. The summed E-state index contributed by atoms with van der Waals surface area (Å²) in [4.78, 5) is 15.0. The minimum Gasteiger partial charge on any atom is -0.363 e. The van der Waals surface area contributed by atoms with E-state index in [1.54, 1.807) is 18.2 Å². The number of anilines is 1. The van der Waals surface area contributed by atoms with Gasteiger partial charge in [0.1, 0.15) is 5.69 Å². The fourth-order valence-corrected chi connectivity index (χ4v) is 2.96. The molecule has 0 spiro atoms. The Balaban J connectivity index is 1.78. The van der Waals surface area contributed by atoms with Crippen molar-refractivity contribution in [3.8, 4) is 0 Å². The Morgan fingerprint density at radius 2 is 1.38 bits per heavy atom. The predicted molar refractivity (Wildman–Crippen MR) is 85.5 cm³/mol. The summed E-state index contributed by atoms with van der Waals surface area (Å²) in [6.07, 6.45) is 0. The van der Waals surface area contributed by atoms with E-state index in [0.29, 0.717) is 5.56 Å². The summed E-state index contributed by atoms with van der Waals surface area (Å²) >= 11 is 0. The molecule has 8 heteroatoms. The first-order valence-electron chi connectivity index (χ1n) is 7.93. The predicted octanol–water partition coefficient (Wildman–Crippen LogP) is 3.65. The molecule has 2 aromatic rings. The lowest BCUT2D eigenvalue weighted by atomic mass is 10.1. The molecule has 0 bridgehead atoms. The molecule has 1 aliphatic heterocycles. The lowest BCUT2D eigenvalue weighted by molar-refractivity contribution is 0.0746. The zero-order valence-corrected chi connectivity index (χ0v) is 13.8. The van der Waals surface area contributed by atoms with E-state index in [1.807, 2.05) is 13.0 Å². The first kappa shape index (κ1) is 18.2. The highest BCUT2D eigenvalue weighted by Crippen LogP contribution is 2.31. The molecule has 3 rings (SSSR count). The summed E-state index contributed by atoms with van der Waals surface area (Å²) in [5, 5.41) is 0. The molecule has 138 valence electrons. The first-order chi connectivity index (χ1) is 12.3. The van der Waals surface area contributed by atoms with Crippen LogP contribution in [0.5, 0.6) is 0 Å². The van der Waals surface area contributed by atoms with Crippen molar-refractivity contribution in [3.63, 3.8) is 0 Å². The standard InChI is InChI=1S/C18H15F5N2O/c1-10-3-2-4-11(9-10)18(26)25-7-5-24(6-8-25)17-15(22)13(20)12(19)14(21)16(17)23/h2-4,9H,5-8H2,1H3. The number of aryl methyl sites for hydroxylation is 1. The number of benzene rings is 2. The van der Waals surface area contributed by atoms with Gasteiger partial charge in [-0.1, -0.05) is 17.7 Å². The van der Waals surface area contributed by atoms with Crippen molar-refractivity contribution in [1.29, 1.82) is 0 Å². The summed E-state index contributed by atoms with van der Waals surface area (Å²) < 4.78 is 67.7. The SMILES string of the molecule is Cc1cccc(C(=O)N2CCN(c3c(F)c(F)c(F)c(F)c3F)CC2)c1. The number of rotatable bonds is 2. The maximum Gasteiger partial charge on any atom is 0.253 e. The van der Waals surface area contributed by atoms with E-state index in [2.05, 4.69) is 0 Å². The number of amides is 1. The van der Waals surface area contributed by atoms with Crippen molar-refractivity contribution in [2.45, 2.75) is 6.92 Å². The Morgan fingerprint density at radius 1 is 0.846 bits per heavy atom. The Kier molecular flexibility index (Phi) is 4.84. The minimum atomic E-state index is -2.18. The van der Waals surface area contributed by atoms with E-state index in [-0.39, 0.29) is 32.1 Å². The fraction of sp³-hybridized carbons (Fsp3) is 0.278. The van der Waals surface area contributed by atoms with Gasteiger partial charge < -0.3 is 9.80 Å². The van der Waals surface area contributed by atoms with Crippen molar-refractivity contribution in [2.75, 3.05) is 31.1 Å². The van der Waals surface area contributed by atoms with Gasteiger partial charge in [-0.15, -0.1) is 0 Å². The van der Waals surface area contributed by atoms with Crippen molar-refractivity contribution in [1.82, 2.24) is 4.90 Å². The third-order valence-electron chi connectivity index (χ3n) is 4.33. The van der Waals surface area contributed by atoms with E-state index in [1.165, 1.54) is 4.90 Å². The minimum absolute atomic E-state index is 0.0457. The van der Waals surface area contributed by atoms with Gasteiger partial charge in [0.15, 0.2) is 23.3 Å². The lowest BCUT2D eigenvalue weighted by Crippen LogP contribution is -2.49. The fourth-order valence-electron chi connectivity index (χ4n) is 2.96. The van der Waals surface area contributed by atoms with Gasteiger partial charge in [-0.05, 0) is 19.1 Å². The molecule has 2 aromatic carbocycles. The van der Waals surface area contributed by atoms with Crippen LogP contribution < -0.4 is 4.90 Å². The molecule has 3 nitrogen and oxygen atoms in total. The molecular weight excluding hydrogens is 355 g/mol. The van der Waals surface area contributed by atoms with Gasteiger partial charge in [0.2, 0.25) is 5.82 Å². The van der Waals surface area contributed by atoms with Crippen LogP contribution in [0.1, 0.15) is 15.9 Å². The second-order valence-corrected chi connectivity index (χ2v) is 6.07. The van der Waals surface area contributed by atoms with Crippen molar-refractivity contribution in [3.05, 3.63) is 64.5 Å². The van der Waals surface area contributed by atoms with Crippen molar-refractivity contribution < 1.29 is 26.7 Å². The molecule has 0 saturated carbocycles. The molecule has 1 amide bonds. The molecule has 1 saturated heterocycles. The quantitative estimate of drug-likeness (QED) is 0.458. The Hall–Kier alpha value is -2.64. The summed E-state index contributed by atoms with van der Waals surface area (Å²) in [6, 6.07) is 6.97. The zero-order chi connectivity index (χ0) is 19.0. The molecule has 0 aromatic heterocycles. The first-order valence-corrected chi connectivity index (χ1v) is 7.93. The number of nitrogens with zero attached hydrogens (tertiary/aromatic N) is 2. The maximum atomic E-state index is 13.9. The maximum absolute atomic E-state index is 13.9. The molecule has 1 heterocycles. The van der Waals surface area contributed by atoms with Gasteiger partial charge in [-0.25, -0.2) is 22.0 Å². The van der Waals surface area contributed by atoms with E-state index in [9.17, 15) is 26.7 Å². The third kappa shape index (κ3) is 3.11. The molecule has 26 heavy (non-hydrogen) atoms. The summed E-state index contributed by atoms with van der Waals surface area (Å²) in [5.74, 6) is -10.1. The van der Waals surface area contributed by atoms with Crippen LogP contribution >= 0.6 is 0 Å². The Morgan fingerprint density at radius 3 is 1.92 bits per heavy atom. The summed E-state index contributed by atoms with van der Waals surface area (Å²) in [6.45, 7) is 1.96. The van der Waals surface area contributed by atoms with Gasteiger partial charge in [-0.2, -0.15) is 0 Å². The van der Waals surface area contributed by atoms with E-state index < -0.39 is 34.8 Å². The Labute approximate surface area is 146 Å². The normalized spacial score (nSPS) is 14.7. The third-order valence-corrected chi connectivity index (χ3v) is 4.33. The molecule has 1 fully saturated rings. The summed E-state index contributed by atoms with van der Waals surface area (Å²) in [5.41, 5.74) is 0.439.